The highest BCUT2D eigenvalue weighted by Crippen LogP contribution is 2.24. The number of benzene rings is 2. The predicted molar refractivity (Wildman–Crippen MR) is 104 cm³/mol. The van der Waals surface area contributed by atoms with Crippen molar-refractivity contribution in [1.82, 2.24) is 5.32 Å². The molecule has 146 valence electrons. The zero-order valence-corrected chi connectivity index (χ0v) is 16.4. The van der Waals surface area contributed by atoms with Gasteiger partial charge >= 0.3 is 0 Å². The molecule has 2 atom stereocenters. The molecule has 2 aromatic carbocycles. The monoisotopic (exact) mass is 373 g/mol. The van der Waals surface area contributed by atoms with E-state index in [0.717, 1.165) is 17.7 Å². The quantitative estimate of drug-likeness (QED) is 0.680. The van der Waals surface area contributed by atoms with Crippen LogP contribution in [0.3, 0.4) is 0 Å². The smallest absolute Gasteiger partial charge is 0.261 e. The van der Waals surface area contributed by atoms with Gasteiger partial charge in [0, 0.05) is 0 Å². The Morgan fingerprint density at radius 2 is 1.78 bits per heavy atom. The van der Waals surface area contributed by atoms with Gasteiger partial charge in [0.2, 0.25) is 0 Å². The van der Waals surface area contributed by atoms with Gasteiger partial charge in [0.25, 0.3) is 5.91 Å². The second-order valence-corrected chi connectivity index (χ2v) is 6.91. The minimum absolute atomic E-state index is 0.0874. The summed E-state index contributed by atoms with van der Waals surface area (Å²) >= 11 is 0. The van der Waals surface area contributed by atoms with Crippen molar-refractivity contribution in [2.75, 3.05) is 7.11 Å². The van der Waals surface area contributed by atoms with Crippen LogP contribution in [-0.2, 0) is 4.79 Å². The Hall–Kier alpha value is -2.56. The predicted octanol–water partition coefficient (Wildman–Crippen LogP) is 4.90. The summed E-state index contributed by atoms with van der Waals surface area (Å²) < 4.78 is 24.7. The lowest BCUT2D eigenvalue weighted by molar-refractivity contribution is -0.129. The number of methoxy groups -OCH3 is 1. The molecule has 1 amide bonds. The average Bonchev–Trinajstić information content (AvgIpc) is 2.66. The number of para-hydroxylation sites is 1. The third kappa shape index (κ3) is 5.98. The van der Waals surface area contributed by atoms with Crippen molar-refractivity contribution in [3.8, 4) is 11.5 Å². The third-order valence-electron chi connectivity index (χ3n) is 4.31. The number of rotatable bonds is 9. The summed E-state index contributed by atoms with van der Waals surface area (Å²) in [7, 11) is 1.62. The summed E-state index contributed by atoms with van der Waals surface area (Å²) in [6.45, 7) is 6.06. The van der Waals surface area contributed by atoms with Crippen molar-refractivity contribution in [2.24, 2.45) is 5.92 Å². The maximum atomic E-state index is 13.9. The summed E-state index contributed by atoms with van der Waals surface area (Å²) in [5, 5.41) is 3.07. The molecule has 2 rings (SSSR count). The molecule has 5 heteroatoms. The van der Waals surface area contributed by atoms with Crippen molar-refractivity contribution in [1.29, 1.82) is 0 Å². The molecule has 27 heavy (non-hydrogen) atoms. The SMILES string of the molecule is CC[C@@H](Oc1ccccc1F)C(=O)N[C@@H](CC(C)C)c1ccc(OC)cc1. The van der Waals surface area contributed by atoms with E-state index < -0.39 is 11.9 Å². The molecule has 0 saturated heterocycles. The minimum Gasteiger partial charge on any atom is -0.497 e. The molecule has 0 aliphatic heterocycles. The number of halogens is 1. The van der Waals surface area contributed by atoms with Gasteiger partial charge in [-0.3, -0.25) is 4.79 Å². The second kappa shape index (κ2) is 9.95. The Morgan fingerprint density at radius 1 is 1.11 bits per heavy atom. The lowest BCUT2D eigenvalue weighted by atomic mass is 9.96. The van der Waals surface area contributed by atoms with Gasteiger partial charge in [0.05, 0.1) is 13.2 Å². The molecule has 0 radical (unpaired) electrons. The topological polar surface area (TPSA) is 47.6 Å². The van der Waals surface area contributed by atoms with E-state index in [1.54, 1.807) is 19.2 Å². The van der Waals surface area contributed by atoms with Crippen molar-refractivity contribution in [2.45, 2.75) is 45.8 Å². The van der Waals surface area contributed by atoms with E-state index in [1.807, 2.05) is 31.2 Å². The molecule has 0 aliphatic rings. The van der Waals surface area contributed by atoms with Gasteiger partial charge in [-0.1, -0.05) is 45.0 Å². The van der Waals surface area contributed by atoms with Crippen LogP contribution in [0.4, 0.5) is 4.39 Å². The third-order valence-corrected chi connectivity index (χ3v) is 4.31. The largest absolute Gasteiger partial charge is 0.497 e. The molecular formula is C22H28FNO3. The van der Waals surface area contributed by atoms with Crippen LogP contribution in [0, 0.1) is 11.7 Å². The molecule has 0 heterocycles. The van der Waals surface area contributed by atoms with Crippen LogP contribution in [0.5, 0.6) is 11.5 Å². The van der Waals surface area contributed by atoms with Gasteiger partial charge in [-0.05, 0) is 48.6 Å². The Balaban J connectivity index is 2.13. The van der Waals surface area contributed by atoms with Crippen molar-refractivity contribution in [3.05, 3.63) is 59.9 Å². The summed E-state index contributed by atoms with van der Waals surface area (Å²) in [4.78, 5) is 12.8. The van der Waals surface area contributed by atoms with Crippen LogP contribution >= 0.6 is 0 Å². The molecule has 0 saturated carbocycles. The zero-order chi connectivity index (χ0) is 19.8. The maximum Gasteiger partial charge on any atom is 0.261 e. The number of carbonyl (C=O) groups excluding carboxylic acids is 1. The van der Waals surface area contributed by atoms with Gasteiger partial charge in [-0.2, -0.15) is 0 Å². The first-order valence-corrected chi connectivity index (χ1v) is 9.30. The number of hydrogen-bond donors (Lipinski definition) is 1. The van der Waals surface area contributed by atoms with E-state index >= 15 is 0 Å². The first-order valence-electron chi connectivity index (χ1n) is 9.30. The fourth-order valence-corrected chi connectivity index (χ4v) is 2.87. The van der Waals surface area contributed by atoms with E-state index in [0.29, 0.717) is 12.3 Å². The maximum absolute atomic E-state index is 13.9. The lowest BCUT2D eigenvalue weighted by Gasteiger charge is -2.25. The molecule has 0 spiro atoms. The fourth-order valence-electron chi connectivity index (χ4n) is 2.87. The molecular weight excluding hydrogens is 345 g/mol. The molecule has 0 bridgehead atoms. The highest BCUT2D eigenvalue weighted by Gasteiger charge is 2.24. The van der Waals surface area contributed by atoms with Crippen LogP contribution < -0.4 is 14.8 Å². The Kier molecular flexibility index (Phi) is 7.65. The van der Waals surface area contributed by atoms with Crippen molar-refractivity contribution < 1.29 is 18.7 Å². The summed E-state index contributed by atoms with van der Waals surface area (Å²) in [5.41, 5.74) is 0.999. The molecule has 0 unspecified atom stereocenters. The highest BCUT2D eigenvalue weighted by atomic mass is 19.1. The number of hydrogen-bond acceptors (Lipinski definition) is 3. The molecule has 1 N–H and O–H groups in total. The van der Waals surface area contributed by atoms with E-state index in [-0.39, 0.29) is 17.7 Å². The lowest BCUT2D eigenvalue weighted by Crippen LogP contribution is -2.40. The molecule has 4 nitrogen and oxygen atoms in total. The van der Waals surface area contributed by atoms with E-state index in [1.165, 1.54) is 12.1 Å². The first kappa shape index (κ1) is 20.7. The van der Waals surface area contributed by atoms with Gasteiger partial charge < -0.3 is 14.8 Å². The Morgan fingerprint density at radius 3 is 2.33 bits per heavy atom. The summed E-state index contributed by atoms with van der Waals surface area (Å²) in [6, 6.07) is 13.6. The van der Waals surface area contributed by atoms with Gasteiger partial charge in [-0.15, -0.1) is 0 Å². The summed E-state index contributed by atoms with van der Waals surface area (Å²) in [5.74, 6) is 0.525. The van der Waals surface area contributed by atoms with Gasteiger partial charge in [0.1, 0.15) is 5.75 Å². The van der Waals surface area contributed by atoms with Crippen LogP contribution in [0.25, 0.3) is 0 Å². The standard InChI is InChI=1S/C22H28FNO3/c1-5-20(27-21-9-7-6-8-18(21)23)22(25)24-19(14-15(2)3)16-10-12-17(26-4)13-11-16/h6-13,15,19-20H,5,14H2,1-4H3,(H,24,25)/t19-,20+/m0/s1. The molecule has 0 aliphatic carbocycles. The van der Waals surface area contributed by atoms with Crippen LogP contribution in [0.1, 0.15) is 45.2 Å². The number of carbonyl (C=O) groups is 1. The van der Waals surface area contributed by atoms with E-state index in [2.05, 4.69) is 19.2 Å². The summed E-state index contributed by atoms with van der Waals surface area (Å²) in [6.07, 6.45) is 0.473. The van der Waals surface area contributed by atoms with E-state index in [4.69, 9.17) is 9.47 Å². The van der Waals surface area contributed by atoms with Crippen molar-refractivity contribution >= 4 is 5.91 Å². The zero-order valence-electron chi connectivity index (χ0n) is 16.4. The normalized spacial score (nSPS) is 13.1. The molecule has 0 aromatic heterocycles. The highest BCUT2D eigenvalue weighted by molar-refractivity contribution is 5.81. The average molecular weight is 373 g/mol. The van der Waals surface area contributed by atoms with Gasteiger partial charge in [-0.25, -0.2) is 4.39 Å². The second-order valence-electron chi connectivity index (χ2n) is 6.91. The fraction of sp³-hybridized carbons (Fsp3) is 0.409. The van der Waals surface area contributed by atoms with Gasteiger partial charge in [0.15, 0.2) is 17.7 Å². The van der Waals surface area contributed by atoms with E-state index in [9.17, 15) is 9.18 Å². The Labute approximate surface area is 160 Å². The number of nitrogens with one attached hydrogen (secondary N) is 1. The first-order chi connectivity index (χ1) is 12.9. The van der Waals surface area contributed by atoms with Crippen LogP contribution in [0.15, 0.2) is 48.5 Å². The number of amides is 1. The molecule has 0 fully saturated rings. The minimum atomic E-state index is -0.755. The number of ether oxygens (including phenoxy) is 2. The molecule has 2 aromatic rings. The Bertz CT molecular complexity index is 731. The van der Waals surface area contributed by atoms with Crippen LogP contribution in [-0.4, -0.2) is 19.1 Å². The van der Waals surface area contributed by atoms with Crippen LogP contribution in [0.2, 0.25) is 0 Å². The van der Waals surface area contributed by atoms with Crippen molar-refractivity contribution in [3.63, 3.8) is 0 Å².